The van der Waals surface area contributed by atoms with Gasteiger partial charge in [0.2, 0.25) is 0 Å². The number of fused-ring (bicyclic) bond motifs is 15. The van der Waals surface area contributed by atoms with Gasteiger partial charge in [-0.25, -0.2) is 0 Å². The Bertz CT molecular complexity index is 4170. The Hall–Kier alpha value is -9.08. The topological polar surface area (TPSA) is 36.3 Å². The molecule has 1 atom stereocenters. The van der Waals surface area contributed by atoms with E-state index in [-0.39, 0.29) is 5.92 Å². The third-order valence-electron chi connectivity index (χ3n) is 15.5. The Morgan fingerprint density at radius 1 is 0.512 bits per heavy atom. The molecule has 0 bridgehead atoms. The average Bonchev–Trinajstić information content (AvgIpc) is 3.65. The molecule has 1 aliphatic heterocycles. The monoisotopic (exact) mass is 1050 g/mol. The van der Waals surface area contributed by atoms with E-state index >= 15 is 0 Å². The van der Waals surface area contributed by atoms with Crippen molar-refractivity contribution < 1.29 is 9.47 Å². The van der Waals surface area contributed by atoms with E-state index in [4.69, 9.17) is 14.5 Å². The second kappa shape index (κ2) is 22.3. The molecule has 80 heavy (non-hydrogen) atoms. The van der Waals surface area contributed by atoms with Crippen LogP contribution in [0.3, 0.4) is 0 Å². The molecule has 9 aromatic carbocycles. The predicted octanol–water partition coefficient (Wildman–Crippen LogP) is 20.7. The number of rotatable bonds is 6. The van der Waals surface area contributed by atoms with Crippen LogP contribution in [0.15, 0.2) is 261 Å². The fourth-order valence-corrected chi connectivity index (χ4v) is 12.2. The van der Waals surface area contributed by atoms with Crippen molar-refractivity contribution in [2.75, 3.05) is 13.3 Å². The predicted molar refractivity (Wildman–Crippen MR) is 340 cm³/mol. The van der Waals surface area contributed by atoms with E-state index in [9.17, 15) is 0 Å². The van der Waals surface area contributed by atoms with Crippen molar-refractivity contribution in [1.82, 2.24) is 9.55 Å². The van der Waals surface area contributed by atoms with Crippen LogP contribution in [-0.2, 0) is 5.41 Å². The van der Waals surface area contributed by atoms with Gasteiger partial charge in [0.1, 0.15) is 0 Å². The van der Waals surface area contributed by atoms with E-state index in [2.05, 4.69) is 237 Å². The van der Waals surface area contributed by atoms with Gasteiger partial charge in [0.15, 0.2) is 23.0 Å². The second-order valence-corrected chi connectivity index (χ2v) is 21.2. The van der Waals surface area contributed by atoms with Crippen LogP contribution in [0, 0.1) is 0 Å². The number of para-hydroxylation sites is 3. The second-order valence-electron chi connectivity index (χ2n) is 20.2. The van der Waals surface area contributed by atoms with Crippen LogP contribution in [-0.4, -0.2) is 22.9 Å². The van der Waals surface area contributed by atoms with Gasteiger partial charge in [-0.3, -0.25) is 4.98 Å². The van der Waals surface area contributed by atoms with Crippen molar-refractivity contribution in [3.05, 3.63) is 289 Å². The summed E-state index contributed by atoms with van der Waals surface area (Å²) in [5, 5.41) is 2.43. The summed E-state index contributed by atoms with van der Waals surface area (Å²) in [4.78, 5) is 5.29. The Morgan fingerprint density at radius 2 is 1.10 bits per heavy atom. The Morgan fingerprint density at radius 3 is 1.77 bits per heavy atom. The van der Waals surface area contributed by atoms with Crippen LogP contribution in [0.1, 0.15) is 61.1 Å². The van der Waals surface area contributed by atoms with Crippen molar-refractivity contribution >= 4 is 30.4 Å². The fourth-order valence-electron chi connectivity index (χ4n) is 12.2. The zero-order valence-electron chi connectivity index (χ0n) is 46.0. The van der Waals surface area contributed by atoms with Crippen molar-refractivity contribution in [2.45, 2.75) is 38.5 Å². The van der Waals surface area contributed by atoms with Crippen molar-refractivity contribution in [1.29, 1.82) is 0 Å². The van der Waals surface area contributed by atoms with Crippen LogP contribution in [0.2, 0.25) is 0 Å². The molecule has 2 aromatic heterocycles. The van der Waals surface area contributed by atoms with Gasteiger partial charge in [-0.2, -0.15) is 0 Å². The maximum atomic E-state index is 6.62. The molecule has 3 heterocycles. The lowest BCUT2D eigenvalue weighted by molar-refractivity contribution is 0.359. The number of pyridine rings is 1. The Balaban J connectivity index is 0.000000594. The molecule has 0 radical (unpaired) electrons. The van der Waals surface area contributed by atoms with Crippen LogP contribution < -0.4 is 9.47 Å². The summed E-state index contributed by atoms with van der Waals surface area (Å²) < 4.78 is 15.6. The van der Waals surface area contributed by atoms with Gasteiger partial charge >= 0.3 is 0 Å². The number of hydrogen-bond acceptors (Lipinski definition) is 3. The van der Waals surface area contributed by atoms with Crippen molar-refractivity contribution in [2.24, 2.45) is 0 Å². The third kappa shape index (κ3) is 8.91. The summed E-state index contributed by atoms with van der Waals surface area (Å²) in [6.07, 6.45) is 15.3. The first-order valence-corrected chi connectivity index (χ1v) is 29.9. The molecule has 0 fully saturated rings. The molecular weight excluding hydrogens is 992 g/mol. The molecule has 0 amide bonds. The Labute approximate surface area is 472 Å². The molecule has 4 aliphatic rings. The first-order valence-electron chi connectivity index (χ1n) is 27.9. The molecule has 15 rings (SSSR count). The van der Waals surface area contributed by atoms with Crippen LogP contribution >= 0.6 is 8.58 Å². The fraction of sp³-hybridized carbons (Fsp3) is 0.107. The minimum atomic E-state index is -0.556. The molecule has 4 nitrogen and oxygen atoms in total. The minimum Gasteiger partial charge on any atom is -0.450 e. The molecule has 0 saturated heterocycles. The molecule has 0 saturated carbocycles. The van der Waals surface area contributed by atoms with Gasteiger partial charge in [-0.15, -0.1) is 8.58 Å². The van der Waals surface area contributed by atoms with E-state index in [1.165, 1.54) is 83.1 Å². The van der Waals surface area contributed by atoms with Crippen molar-refractivity contribution in [3.63, 3.8) is 0 Å². The van der Waals surface area contributed by atoms with Crippen LogP contribution in [0.5, 0.6) is 23.0 Å². The number of nitrogens with zero attached hydrogens (tertiary/aromatic N) is 2. The van der Waals surface area contributed by atoms with Crippen LogP contribution in [0.4, 0.5) is 0 Å². The van der Waals surface area contributed by atoms with E-state index in [1.807, 2.05) is 57.2 Å². The van der Waals surface area contributed by atoms with Gasteiger partial charge in [-0.05, 0) is 166 Å². The number of hydrogen-bond donors (Lipinski definition) is 0. The highest BCUT2D eigenvalue weighted by Gasteiger charge is 2.52. The standard InChI is InChI=1S/C66H42N2O2.C5H8.C2H7P.C2H6/c1-3-15-41(16-4-1)46-37-58(42-17-5-2-6-18-42)67-59(38-46)43-27-31-47(32-28-43)68-60-24-12-9-21-51(60)53-35-44(30-34-61(53)68)45-29-33-50-52-39-64-65(70-63-26-14-13-25-62(63)69-64)40-57(52)66(56(50)36-45)54-22-10-7-19-48(54)49-20-8-11-23-55(49)66;1-3-5-4-2;1-3-2;1-2/h1-17,19-40,42H,18H2;3-5H,1H2,2H3;3H,1-2H3;1-2H3/b;5-4-;;. The third-order valence-corrected chi connectivity index (χ3v) is 15.5. The first kappa shape index (κ1) is 51.7. The highest BCUT2D eigenvalue weighted by Crippen LogP contribution is 2.65. The normalized spacial score (nSPS) is 14.1. The molecule has 1 spiro atoms. The highest BCUT2D eigenvalue weighted by molar-refractivity contribution is 7.35. The van der Waals surface area contributed by atoms with E-state index in [1.54, 1.807) is 6.08 Å². The number of benzene rings is 9. The Kier molecular flexibility index (Phi) is 14.4. The summed E-state index contributed by atoms with van der Waals surface area (Å²) in [5.74, 6) is 3.16. The lowest BCUT2D eigenvalue weighted by atomic mass is 9.70. The number of aromatic nitrogens is 2. The van der Waals surface area contributed by atoms with E-state index in [0.29, 0.717) is 0 Å². The van der Waals surface area contributed by atoms with Gasteiger partial charge < -0.3 is 14.0 Å². The highest BCUT2D eigenvalue weighted by atomic mass is 31.1. The zero-order chi connectivity index (χ0) is 54.7. The number of ether oxygens (including phenoxy) is 2. The largest absolute Gasteiger partial charge is 0.450 e. The maximum Gasteiger partial charge on any atom is 0.170 e. The SMILES string of the molecule is C1=CCC(c2cc(-c3ccccc3)cc(-c3ccc(-n4c5ccccc5c5cc(-c6ccc7c(c6)C6(c8ccccc8-c8ccccc86)c6cc8c(cc6-7)Oc6ccccc6O8)ccc54)cc3)n2)C=C1.C=C/C=C\C.CC.CPC. The first-order chi connectivity index (χ1) is 39.5. The summed E-state index contributed by atoms with van der Waals surface area (Å²) in [5.41, 5.74) is 20.7. The summed E-state index contributed by atoms with van der Waals surface area (Å²) >= 11 is 0. The quantitative estimate of drug-likeness (QED) is 0.123. The van der Waals surface area contributed by atoms with Crippen LogP contribution in [0.25, 0.3) is 83.3 Å². The van der Waals surface area contributed by atoms with E-state index in [0.717, 1.165) is 66.2 Å². The molecule has 3 aliphatic carbocycles. The average molecular weight is 1060 g/mol. The number of allylic oxidation sites excluding steroid dienone is 7. The molecule has 11 aromatic rings. The molecule has 1 unspecified atom stereocenters. The lowest BCUT2D eigenvalue weighted by Gasteiger charge is -2.31. The van der Waals surface area contributed by atoms with E-state index < -0.39 is 5.41 Å². The van der Waals surface area contributed by atoms with Gasteiger partial charge in [0, 0.05) is 33.6 Å². The molecule has 5 heteroatoms. The zero-order valence-corrected chi connectivity index (χ0v) is 47.0. The summed E-state index contributed by atoms with van der Waals surface area (Å²) in [6.45, 7) is 13.7. The van der Waals surface area contributed by atoms with Gasteiger partial charge in [0.25, 0.3) is 0 Å². The van der Waals surface area contributed by atoms with Gasteiger partial charge in [0.05, 0.1) is 22.1 Å². The van der Waals surface area contributed by atoms with Gasteiger partial charge in [-0.1, -0.05) is 202 Å². The van der Waals surface area contributed by atoms with Crippen molar-refractivity contribution in [3.8, 4) is 84.5 Å². The smallest absolute Gasteiger partial charge is 0.170 e. The minimum absolute atomic E-state index is 0.244. The maximum absolute atomic E-state index is 6.62. The lowest BCUT2D eigenvalue weighted by Crippen LogP contribution is -2.26. The summed E-state index contributed by atoms with van der Waals surface area (Å²) in [7, 11) is 1.08. The molecule has 390 valence electrons. The summed E-state index contributed by atoms with van der Waals surface area (Å²) in [6, 6.07) is 77.2. The molecular formula is C75H63N2O2P. The molecule has 0 N–H and O–H groups in total.